The Balaban J connectivity index is 4.39. The molecule has 0 saturated carbocycles. The van der Waals surface area contributed by atoms with Gasteiger partial charge in [0.25, 0.3) is 0 Å². The van der Waals surface area contributed by atoms with E-state index in [1.54, 1.807) is 0 Å². The molecule has 1 N–H and O–H groups in total. The van der Waals surface area contributed by atoms with Crippen LogP contribution >= 0.6 is 0 Å². The van der Waals surface area contributed by atoms with Crippen LogP contribution in [0, 0.1) is 0 Å². The number of rotatable bonds is 39. The average Bonchev–Trinajstić information content (AvgIpc) is 3.19. The molecule has 0 aromatic heterocycles. The first-order chi connectivity index (χ1) is 28.6. The molecule has 0 aromatic carbocycles. The van der Waals surface area contributed by atoms with E-state index in [1.165, 1.54) is 0 Å². The number of likely N-dealkylation sites (N-methyl/N-ethyl adjacent to an activating group) is 1. The minimum atomic E-state index is -0.886. The summed E-state index contributed by atoms with van der Waals surface area (Å²) in [6.45, 7) is 4.45. The van der Waals surface area contributed by atoms with Crippen molar-refractivity contribution in [3.05, 3.63) is 97.2 Å². The quantitative estimate of drug-likeness (QED) is 0.0285. The molecule has 334 valence electrons. The molecule has 0 spiro atoms. The van der Waals surface area contributed by atoms with Crippen molar-refractivity contribution in [2.75, 3.05) is 41.0 Å². The third-order valence-electron chi connectivity index (χ3n) is 9.48. The van der Waals surface area contributed by atoms with Gasteiger partial charge in [0.1, 0.15) is 6.61 Å². The van der Waals surface area contributed by atoms with Gasteiger partial charge >= 0.3 is 17.9 Å². The smallest absolute Gasteiger partial charge is 0.362 e. The number of carbonyl (C=O) groups is 3. The average molecular weight is 823 g/mol. The number of nitrogens with zero attached hydrogens (tertiary/aromatic N) is 1. The maximum Gasteiger partial charge on any atom is 0.362 e. The molecule has 2 atom stereocenters. The fourth-order valence-corrected chi connectivity index (χ4v) is 6.01. The lowest BCUT2D eigenvalue weighted by Crippen LogP contribution is -2.50. The van der Waals surface area contributed by atoms with Crippen LogP contribution in [0.15, 0.2) is 97.2 Å². The number of carboxylic acid groups (broad SMARTS) is 1. The summed E-state index contributed by atoms with van der Waals surface area (Å²) >= 11 is 0. The first-order valence-corrected chi connectivity index (χ1v) is 22.8. The first kappa shape index (κ1) is 55.2. The topological polar surface area (TPSA) is 99.1 Å². The summed E-state index contributed by atoms with van der Waals surface area (Å²) < 4.78 is 17.2. The number of carbonyl (C=O) groups excluding carboxylic acids is 2. The lowest BCUT2D eigenvalue weighted by molar-refractivity contribution is -0.887. The molecule has 0 bridgehead atoms. The number of aliphatic carboxylic acids is 1. The third-order valence-corrected chi connectivity index (χ3v) is 9.48. The summed E-state index contributed by atoms with van der Waals surface area (Å²) in [6.07, 6.45) is 54.5. The van der Waals surface area contributed by atoms with Gasteiger partial charge in [-0.05, 0) is 89.9 Å². The Hall–Kier alpha value is -3.75. The number of ether oxygens (including phenoxy) is 3. The zero-order valence-electron chi connectivity index (χ0n) is 37.9. The SMILES string of the molecule is CC/C=C/C/C=C/C/C=C/C/C=C/C/C=C/C/C=C/CCCCCCC(=O)OC(COCCC(C(=O)O)[N+](C)(C)C)COC(=O)CCCCCCC/C=C/C/C=C/CC. The second kappa shape index (κ2) is 41.0. The van der Waals surface area contributed by atoms with E-state index < -0.39 is 18.1 Å². The highest BCUT2D eigenvalue weighted by Gasteiger charge is 2.31. The molecule has 2 unspecified atom stereocenters. The van der Waals surface area contributed by atoms with E-state index >= 15 is 0 Å². The summed E-state index contributed by atoms with van der Waals surface area (Å²) in [7, 11) is 5.50. The van der Waals surface area contributed by atoms with E-state index in [2.05, 4.69) is 111 Å². The Kier molecular flexibility index (Phi) is 38.4. The second-order valence-electron chi connectivity index (χ2n) is 15.9. The van der Waals surface area contributed by atoms with Crippen LogP contribution in [-0.2, 0) is 28.6 Å². The summed E-state index contributed by atoms with van der Waals surface area (Å²) in [6, 6.07) is -0.627. The van der Waals surface area contributed by atoms with Gasteiger partial charge in [-0.15, -0.1) is 0 Å². The molecule has 8 nitrogen and oxygen atoms in total. The molecule has 59 heavy (non-hydrogen) atoms. The lowest BCUT2D eigenvalue weighted by Gasteiger charge is -2.31. The van der Waals surface area contributed by atoms with E-state index in [1.807, 2.05) is 21.1 Å². The molecule has 0 aliphatic rings. The fourth-order valence-electron chi connectivity index (χ4n) is 6.01. The van der Waals surface area contributed by atoms with Crippen LogP contribution in [0.4, 0.5) is 0 Å². The van der Waals surface area contributed by atoms with Crippen molar-refractivity contribution >= 4 is 17.9 Å². The minimum absolute atomic E-state index is 0.0395. The van der Waals surface area contributed by atoms with Crippen molar-refractivity contribution in [1.82, 2.24) is 0 Å². The standard InChI is InChI=1S/C51H83NO7/c1-6-8-10-12-14-16-18-20-21-22-23-24-25-26-27-28-29-30-32-34-36-38-40-42-50(54)59-47(45-57-44-43-48(51(55)56)52(3,4)5)46-58-49(53)41-39-37-35-33-31-19-17-15-13-11-9-7-2/h8-11,14-17,20-21,23-24,26-27,29-30,47-48H,6-7,12-13,18-19,22,25,28,31-46H2,1-5H3/p+1/b10-8+,11-9+,16-14+,17-15+,21-20+,24-23+,27-26+,30-29+. The Morgan fingerprint density at radius 1 is 0.508 bits per heavy atom. The Bertz CT molecular complexity index is 1280. The molecule has 8 heteroatoms. The zero-order chi connectivity index (χ0) is 43.5. The van der Waals surface area contributed by atoms with Crippen LogP contribution in [0.1, 0.15) is 155 Å². The van der Waals surface area contributed by atoms with E-state index in [4.69, 9.17) is 14.2 Å². The van der Waals surface area contributed by atoms with Crippen molar-refractivity contribution in [1.29, 1.82) is 0 Å². The summed E-state index contributed by atoms with van der Waals surface area (Å²) in [4.78, 5) is 37.0. The van der Waals surface area contributed by atoms with Gasteiger partial charge < -0.3 is 23.8 Å². The van der Waals surface area contributed by atoms with Gasteiger partial charge in [-0.2, -0.15) is 0 Å². The maximum absolute atomic E-state index is 12.7. The number of unbranched alkanes of at least 4 members (excludes halogenated alkanes) is 9. The van der Waals surface area contributed by atoms with Gasteiger partial charge in [-0.25, -0.2) is 4.79 Å². The number of hydrogen-bond acceptors (Lipinski definition) is 6. The summed E-state index contributed by atoms with van der Waals surface area (Å²) in [5.41, 5.74) is 0. The predicted molar refractivity (Wildman–Crippen MR) is 247 cm³/mol. The van der Waals surface area contributed by atoms with E-state index in [-0.39, 0.29) is 36.2 Å². The largest absolute Gasteiger partial charge is 0.477 e. The van der Waals surface area contributed by atoms with Crippen molar-refractivity contribution in [2.24, 2.45) is 0 Å². The predicted octanol–water partition coefficient (Wildman–Crippen LogP) is 12.7. The van der Waals surface area contributed by atoms with Gasteiger partial charge in [0.05, 0.1) is 34.4 Å². The first-order valence-electron chi connectivity index (χ1n) is 22.8. The normalized spacial score (nSPS) is 13.8. The molecule has 0 radical (unpaired) electrons. The molecule has 0 amide bonds. The van der Waals surface area contributed by atoms with Crippen molar-refractivity contribution in [2.45, 2.75) is 167 Å². The van der Waals surface area contributed by atoms with Gasteiger partial charge in [-0.3, -0.25) is 9.59 Å². The van der Waals surface area contributed by atoms with Crippen LogP contribution in [-0.4, -0.2) is 80.6 Å². The number of hydrogen-bond donors (Lipinski definition) is 1. The van der Waals surface area contributed by atoms with Crippen LogP contribution in [0.25, 0.3) is 0 Å². The number of esters is 2. The summed E-state index contributed by atoms with van der Waals surface area (Å²) in [5.74, 6) is -1.53. The van der Waals surface area contributed by atoms with Crippen LogP contribution in [0.2, 0.25) is 0 Å². The molecular formula is C51H84NO7+. The Morgan fingerprint density at radius 3 is 1.32 bits per heavy atom. The Morgan fingerprint density at radius 2 is 0.898 bits per heavy atom. The monoisotopic (exact) mass is 823 g/mol. The number of allylic oxidation sites excluding steroid dienone is 16. The third kappa shape index (κ3) is 39.5. The molecule has 0 aliphatic carbocycles. The van der Waals surface area contributed by atoms with Crippen molar-refractivity contribution < 1.29 is 38.2 Å². The highest BCUT2D eigenvalue weighted by Crippen LogP contribution is 2.12. The van der Waals surface area contributed by atoms with Crippen LogP contribution < -0.4 is 0 Å². The minimum Gasteiger partial charge on any atom is -0.477 e. The van der Waals surface area contributed by atoms with Gasteiger partial charge in [-0.1, -0.05) is 143 Å². The van der Waals surface area contributed by atoms with E-state index in [0.29, 0.717) is 19.3 Å². The van der Waals surface area contributed by atoms with Gasteiger partial charge in [0, 0.05) is 19.3 Å². The van der Waals surface area contributed by atoms with E-state index in [0.717, 1.165) is 122 Å². The lowest BCUT2D eigenvalue weighted by atomic mass is 10.1. The van der Waals surface area contributed by atoms with Crippen molar-refractivity contribution in [3.63, 3.8) is 0 Å². The molecular weight excluding hydrogens is 739 g/mol. The fraction of sp³-hybridized carbons (Fsp3) is 0.627. The highest BCUT2D eigenvalue weighted by atomic mass is 16.6. The van der Waals surface area contributed by atoms with E-state index in [9.17, 15) is 19.5 Å². The molecule has 0 saturated heterocycles. The maximum atomic E-state index is 12.7. The summed E-state index contributed by atoms with van der Waals surface area (Å²) in [5, 5.41) is 9.62. The van der Waals surface area contributed by atoms with Crippen LogP contribution in [0.3, 0.4) is 0 Å². The zero-order valence-corrected chi connectivity index (χ0v) is 37.9. The molecule has 0 rings (SSSR count). The molecule has 0 fully saturated rings. The molecule has 0 aromatic rings. The number of quaternary nitrogens is 1. The van der Waals surface area contributed by atoms with Crippen molar-refractivity contribution in [3.8, 4) is 0 Å². The Labute approximate surface area is 360 Å². The molecule has 0 heterocycles. The van der Waals surface area contributed by atoms with Gasteiger partial charge in [0.2, 0.25) is 0 Å². The van der Waals surface area contributed by atoms with Gasteiger partial charge in [0.15, 0.2) is 12.1 Å². The second-order valence-corrected chi connectivity index (χ2v) is 15.9. The van der Waals surface area contributed by atoms with Crippen LogP contribution in [0.5, 0.6) is 0 Å². The molecule has 0 aliphatic heterocycles. The highest BCUT2D eigenvalue weighted by molar-refractivity contribution is 5.72. The number of carboxylic acids is 1.